The van der Waals surface area contributed by atoms with Crippen molar-refractivity contribution >= 4 is 27.5 Å². The zero-order valence-electron chi connectivity index (χ0n) is 24.8. The van der Waals surface area contributed by atoms with Crippen LogP contribution in [0.5, 0.6) is 5.75 Å². The van der Waals surface area contributed by atoms with Crippen molar-refractivity contribution in [2.24, 2.45) is 0 Å². The molecule has 0 heterocycles. The Labute approximate surface area is 244 Å². The molecule has 9 heteroatoms. The fraction of sp³-hybridized carbons (Fsp3) is 0.375. The number of rotatable bonds is 13. The van der Waals surface area contributed by atoms with Crippen LogP contribution in [0, 0.1) is 13.8 Å². The first-order chi connectivity index (χ1) is 19.5. The molecule has 2 amide bonds. The third-order valence-corrected chi connectivity index (χ3v) is 8.87. The van der Waals surface area contributed by atoms with Crippen LogP contribution in [-0.4, -0.2) is 50.4 Å². The fourth-order valence-corrected chi connectivity index (χ4v) is 5.74. The Morgan fingerprint density at radius 1 is 0.902 bits per heavy atom. The van der Waals surface area contributed by atoms with Gasteiger partial charge >= 0.3 is 0 Å². The molecule has 0 aliphatic carbocycles. The van der Waals surface area contributed by atoms with E-state index in [0.717, 1.165) is 27.4 Å². The van der Waals surface area contributed by atoms with Gasteiger partial charge in [0.15, 0.2) is 0 Å². The largest absolute Gasteiger partial charge is 0.492 e. The van der Waals surface area contributed by atoms with Crippen LogP contribution in [-0.2, 0) is 26.2 Å². The number of nitrogens with zero attached hydrogens (tertiary/aromatic N) is 2. The molecule has 0 aliphatic rings. The molecule has 0 bridgehead atoms. The minimum Gasteiger partial charge on any atom is -0.492 e. The number of anilines is 1. The molecule has 0 aliphatic heterocycles. The lowest BCUT2D eigenvalue weighted by atomic mass is 10.1. The summed E-state index contributed by atoms with van der Waals surface area (Å²) in [6.07, 6.45) is 0.737. The number of sulfonamides is 1. The summed E-state index contributed by atoms with van der Waals surface area (Å²) in [5.74, 6) is -0.475. The molecule has 2 atom stereocenters. The van der Waals surface area contributed by atoms with Crippen molar-refractivity contribution in [2.75, 3.05) is 17.5 Å². The molecule has 3 rings (SSSR count). The second kappa shape index (κ2) is 14.2. The van der Waals surface area contributed by atoms with Gasteiger partial charge in [-0.25, -0.2) is 8.42 Å². The molecule has 0 fully saturated rings. The topological polar surface area (TPSA) is 96.0 Å². The van der Waals surface area contributed by atoms with E-state index in [1.165, 1.54) is 17.0 Å². The number of aryl methyl sites for hydroxylation is 2. The first-order valence-electron chi connectivity index (χ1n) is 13.9. The van der Waals surface area contributed by atoms with Crippen LogP contribution in [0.25, 0.3) is 0 Å². The van der Waals surface area contributed by atoms with Gasteiger partial charge in [0.05, 0.1) is 17.2 Å². The minimum atomic E-state index is -4.18. The summed E-state index contributed by atoms with van der Waals surface area (Å²) in [7, 11) is -4.18. The van der Waals surface area contributed by atoms with Gasteiger partial charge in [0, 0.05) is 12.6 Å². The third kappa shape index (κ3) is 7.88. The number of ether oxygens (including phenoxy) is 1. The van der Waals surface area contributed by atoms with Crippen LogP contribution in [0.4, 0.5) is 5.69 Å². The number of para-hydroxylation sites is 2. The number of carbonyl (C=O) groups is 2. The fourth-order valence-electron chi connectivity index (χ4n) is 4.31. The van der Waals surface area contributed by atoms with E-state index in [1.54, 1.807) is 43.3 Å². The molecule has 8 nitrogen and oxygen atoms in total. The first kappa shape index (κ1) is 31.7. The zero-order chi connectivity index (χ0) is 30.2. The molecule has 41 heavy (non-hydrogen) atoms. The van der Waals surface area contributed by atoms with Crippen molar-refractivity contribution in [1.82, 2.24) is 10.2 Å². The maximum absolute atomic E-state index is 14.1. The zero-order valence-corrected chi connectivity index (χ0v) is 25.6. The highest BCUT2D eigenvalue weighted by Gasteiger charge is 2.34. The van der Waals surface area contributed by atoms with E-state index < -0.39 is 28.5 Å². The lowest BCUT2D eigenvalue weighted by Gasteiger charge is -2.33. The Hall–Kier alpha value is -3.85. The highest BCUT2D eigenvalue weighted by atomic mass is 32.2. The molecule has 3 aromatic rings. The molecule has 0 unspecified atom stereocenters. The first-order valence-corrected chi connectivity index (χ1v) is 15.4. The van der Waals surface area contributed by atoms with Gasteiger partial charge in [-0.2, -0.15) is 0 Å². The van der Waals surface area contributed by atoms with Gasteiger partial charge in [-0.1, -0.05) is 61.0 Å². The van der Waals surface area contributed by atoms with Gasteiger partial charge in [0.2, 0.25) is 11.8 Å². The van der Waals surface area contributed by atoms with Gasteiger partial charge in [-0.05, 0) is 76.4 Å². The molecular formula is C32H41N3O5S. The number of nitrogens with one attached hydrogen (secondary N) is 1. The van der Waals surface area contributed by atoms with E-state index in [0.29, 0.717) is 12.4 Å². The van der Waals surface area contributed by atoms with Crippen LogP contribution in [0.3, 0.4) is 0 Å². The summed E-state index contributed by atoms with van der Waals surface area (Å²) < 4.78 is 35.0. The summed E-state index contributed by atoms with van der Waals surface area (Å²) in [6.45, 7) is 11.1. The summed E-state index contributed by atoms with van der Waals surface area (Å²) in [5.41, 5.74) is 2.99. The monoisotopic (exact) mass is 579 g/mol. The normalized spacial score (nSPS) is 12.7. The van der Waals surface area contributed by atoms with Crippen molar-refractivity contribution in [3.63, 3.8) is 0 Å². The van der Waals surface area contributed by atoms with E-state index in [-0.39, 0.29) is 29.1 Å². The molecule has 0 radical (unpaired) electrons. The number of benzene rings is 3. The van der Waals surface area contributed by atoms with Crippen LogP contribution in [0.15, 0.2) is 77.7 Å². The van der Waals surface area contributed by atoms with Gasteiger partial charge in [0.1, 0.15) is 18.3 Å². The highest BCUT2D eigenvalue weighted by Crippen LogP contribution is 2.33. The van der Waals surface area contributed by atoms with Crippen LogP contribution in [0.2, 0.25) is 0 Å². The van der Waals surface area contributed by atoms with Crippen molar-refractivity contribution in [3.05, 3.63) is 89.5 Å². The predicted molar refractivity (Wildman–Crippen MR) is 162 cm³/mol. The standard InChI is InChI=1S/C32H41N3O5S/c1-7-25(5)33-32(37)26(6)34(21-27-14-10-9-13-24(27)4)31(36)22-35(29-15-11-12-16-30(29)40-8-2)41(38,39)28-19-17-23(3)18-20-28/h9-20,25-26H,7-8,21-22H2,1-6H3,(H,33,37)/t25-,26-/m1/s1. The van der Waals surface area contributed by atoms with E-state index in [9.17, 15) is 18.0 Å². The number of carbonyl (C=O) groups excluding carboxylic acids is 2. The second-order valence-electron chi connectivity index (χ2n) is 10.2. The van der Waals surface area contributed by atoms with Gasteiger partial charge < -0.3 is 15.0 Å². The average Bonchev–Trinajstić information content (AvgIpc) is 2.95. The SMILES string of the molecule is CCOc1ccccc1N(CC(=O)N(Cc1ccccc1C)[C@H](C)C(=O)N[C@H](C)CC)S(=O)(=O)c1ccc(C)cc1. The Morgan fingerprint density at radius 3 is 2.17 bits per heavy atom. The predicted octanol–water partition coefficient (Wildman–Crippen LogP) is 5.23. The molecule has 0 spiro atoms. The summed E-state index contributed by atoms with van der Waals surface area (Å²) in [5, 5.41) is 2.95. The number of hydrogen-bond acceptors (Lipinski definition) is 5. The van der Waals surface area contributed by atoms with Crippen LogP contribution in [0.1, 0.15) is 50.8 Å². The number of hydrogen-bond donors (Lipinski definition) is 1. The van der Waals surface area contributed by atoms with E-state index >= 15 is 0 Å². The van der Waals surface area contributed by atoms with E-state index in [2.05, 4.69) is 5.32 Å². The quantitative estimate of drug-likeness (QED) is 0.299. The molecule has 0 saturated heterocycles. The maximum atomic E-state index is 14.1. The van der Waals surface area contributed by atoms with Gasteiger partial charge in [-0.3, -0.25) is 13.9 Å². The van der Waals surface area contributed by atoms with Crippen LogP contribution >= 0.6 is 0 Å². The van der Waals surface area contributed by atoms with E-state index in [4.69, 9.17) is 4.74 Å². The maximum Gasteiger partial charge on any atom is 0.264 e. The van der Waals surface area contributed by atoms with Crippen molar-refractivity contribution in [3.8, 4) is 5.75 Å². The Balaban J connectivity index is 2.09. The molecular weight excluding hydrogens is 538 g/mol. The molecule has 0 saturated carbocycles. The lowest BCUT2D eigenvalue weighted by molar-refractivity contribution is -0.139. The van der Waals surface area contributed by atoms with Crippen molar-refractivity contribution < 1.29 is 22.7 Å². The smallest absolute Gasteiger partial charge is 0.264 e. The minimum absolute atomic E-state index is 0.0511. The van der Waals surface area contributed by atoms with Crippen molar-refractivity contribution in [2.45, 2.75) is 71.5 Å². The van der Waals surface area contributed by atoms with Gasteiger partial charge in [-0.15, -0.1) is 0 Å². The highest BCUT2D eigenvalue weighted by molar-refractivity contribution is 7.92. The Bertz CT molecular complexity index is 1440. The summed E-state index contributed by atoms with van der Waals surface area (Å²) in [6, 6.07) is 19.9. The summed E-state index contributed by atoms with van der Waals surface area (Å²) in [4.78, 5) is 28.9. The second-order valence-corrected chi connectivity index (χ2v) is 12.0. The van der Waals surface area contributed by atoms with Gasteiger partial charge in [0.25, 0.3) is 10.0 Å². The van der Waals surface area contributed by atoms with Crippen LogP contribution < -0.4 is 14.4 Å². The number of amides is 2. The lowest BCUT2D eigenvalue weighted by Crippen LogP contribution is -2.52. The van der Waals surface area contributed by atoms with E-state index in [1.807, 2.05) is 58.9 Å². The molecule has 220 valence electrons. The summed E-state index contributed by atoms with van der Waals surface area (Å²) >= 11 is 0. The Kier molecular flexibility index (Phi) is 10.9. The Morgan fingerprint density at radius 2 is 1.54 bits per heavy atom. The third-order valence-electron chi connectivity index (χ3n) is 7.09. The van der Waals surface area contributed by atoms with Crippen molar-refractivity contribution in [1.29, 1.82) is 0 Å². The average molecular weight is 580 g/mol. The molecule has 3 aromatic carbocycles. The molecule has 1 N–H and O–H groups in total. The molecule has 0 aromatic heterocycles.